The van der Waals surface area contributed by atoms with Gasteiger partial charge in [0, 0.05) is 12.2 Å². The van der Waals surface area contributed by atoms with Crippen molar-refractivity contribution in [2.75, 3.05) is 0 Å². The quantitative estimate of drug-likeness (QED) is 0.781. The smallest absolute Gasteiger partial charge is 0.0964 e. The van der Waals surface area contributed by atoms with Crippen LogP contribution in [0.2, 0.25) is 0 Å². The lowest BCUT2D eigenvalue weighted by atomic mass is 10.2. The molecule has 0 spiro atoms. The van der Waals surface area contributed by atoms with Gasteiger partial charge in [-0.1, -0.05) is 36.4 Å². The van der Waals surface area contributed by atoms with E-state index in [1.165, 1.54) is 11.3 Å². The summed E-state index contributed by atoms with van der Waals surface area (Å²) in [5.41, 5.74) is 2.50. The summed E-state index contributed by atoms with van der Waals surface area (Å²) in [4.78, 5) is 0. The molecule has 0 amide bonds. The highest BCUT2D eigenvalue weighted by molar-refractivity contribution is 5.19. The van der Waals surface area contributed by atoms with Crippen molar-refractivity contribution in [3.8, 4) is 0 Å². The van der Waals surface area contributed by atoms with Gasteiger partial charge >= 0.3 is 0 Å². The number of hydrogen-bond acceptors (Lipinski definition) is 2. The minimum absolute atomic E-state index is 0.246. The fourth-order valence-corrected chi connectivity index (χ4v) is 1.60. The molecule has 2 N–H and O–H groups in total. The van der Waals surface area contributed by atoms with Crippen LogP contribution in [0.4, 0.5) is 0 Å². The Labute approximate surface area is 90.7 Å². The maximum absolute atomic E-state index is 3.43. The Morgan fingerprint density at radius 2 is 2.07 bits per heavy atom. The van der Waals surface area contributed by atoms with Crippen LogP contribution in [0.3, 0.4) is 0 Å². The molecule has 15 heavy (non-hydrogen) atoms. The topological polar surface area (TPSA) is 24.1 Å². The van der Waals surface area contributed by atoms with Crippen molar-refractivity contribution in [1.82, 2.24) is 10.6 Å². The average molecular weight is 200 g/mol. The molecule has 0 saturated heterocycles. The van der Waals surface area contributed by atoms with E-state index in [9.17, 15) is 0 Å². The molecular weight excluding hydrogens is 184 g/mol. The third-order valence-electron chi connectivity index (χ3n) is 2.40. The first-order valence-electron chi connectivity index (χ1n) is 5.23. The second-order valence-corrected chi connectivity index (χ2v) is 3.72. The van der Waals surface area contributed by atoms with Crippen LogP contribution in [-0.2, 0) is 6.54 Å². The van der Waals surface area contributed by atoms with Gasteiger partial charge < -0.3 is 5.32 Å². The predicted octanol–water partition coefficient (Wildman–Crippen LogP) is 2.17. The summed E-state index contributed by atoms with van der Waals surface area (Å²) in [6.45, 7) is 2.96. The summed E-state index contributed by atoms with van der Waals surface area (Å²) in [7, 11) is 0. The monoisotopic (exact) mass is 200 g/mol. The maximum Gasteiger partial charge on any atom is 0.0964 e. The average Bonchev–Trinajstić information content (AvgIpc) is 2.28. The van der Waals surface area contributed by atoms with Gasteiger partial charge in [0.15, 0.2) is 0 Å². The van der Waals surface area contributed by atoms with E-state index < -0.39 is 0 Å². The second kappa shape index (κ2) is 4.80. The third kappa shape index (κ3) is 2.96. The minimum Gasteiger partial charge on any atom is -0.370 e. The molecular formula is C13H16N2. The first-order chi connectivity index (χ1) is 7.34. The molecule has 1 aromatic carbocycles. The van der Waals surface area contributed by atoms with E-state index in [-0.39, 0.29) is 6.17 Å². The minimum atomic E-state index is 0.246. The Hall–Kier alpha value is -1.54. The predicted molar refractivity (Wildman–Crippen MR) is 63.1 cm³/mol. The molecule has 1 aliphatic rings. The number of benzene rings is 1. The van der Waals surface area contributed by atoms with Gasteiger partial charge in [0.05, 0.1) is 6.17 Å². The van der Waals surface area contributed by atoms with Crippen LogP contribution >= 0.6 is 0 Å². The Kier molecular flexibility index (Phi) is 3.20. The lowest BCUT2D eigenvalue weighted by Crippen LogP contribution is -2.40. The number of rotatable bonds is 3. The first kappa shape index (κ1) is 9.99. The number of hydrogen-bond donors (Lipinski definition) is 2. The molecule has 78 valence electrons. The fraction of sp³-hybridized carbons (Fsp3) is 0.231. The van der Waals surface area contributed by atoms with Crippen LogP contribution in [-0.4, -0.2) is 6.17 Å². The summed E-state index contributed by atoms with van der Waals surface area (Å²) in [6, 6.07) is 10.4. The summed E-state index contributed by atoms with van der Waals surface area (Å²) >= 11 is 0. The number of allylic oxidation sites excluding steroid dienone is 3. The molecule has 0 radical (unpaired) electrons. The normalized spacial score (nSPS) is 19.5. The molecule has 1 unspecified atom stereocenters. The lowest BCUT2D eigenvalue weighted by molar-refractivity contribution is 0.530. The van der Waals surface area contributed by atoms with Crippen molar-refractivity contribution in [3.05, 3.63) is 59.8 Å². The van der Waals surface area contributed by atoms with E-state index in [0.29, 0.717) is 0 Å². The second-order valence-electron chi connectivity index (χ2n) is 3.72. The van der Waals surface area contributed by atoms with Crippen LogP contribution in [0.25, 0.3) is 0 Å². The van der Waals surface area contributed by atoms with Gasteiger partial charge in [-0.2, -0.15) is 0 Å². The highest BCUT2D eigenvalue weighted by Crippen LogP contribution is 2.02. The van der Waals surface area contributed by atoms with Gasteiger partial charge in [0.25, 0.3) is 0 Å². The van der Waals surface area contributed by atoms with Gasteiger partial charge in [0.1, 0.15) is 0 Å². The van der Waals surface area contributed by atoms with Gasteiger partial charge in [0.2, 0.25) is 0 Å². The zero-order chi connectivity index (χ0) is 10.5. The number of nitrogens with one attached hydrogen (secondary N) is 2. The molecule has 0 aliphatic carbocycles. The van der Waals surface area contributed by atoms with E-state index in [2.05, 4.69) is 60.1 Å². The zero-order valence-electron chi connectivity index (χ0n) is 8.90. The molecule has 0 fully saturated rings. The maximum atomic E-state index is 3.43. The Balaban J connectivity index is 1.85. The van der Waals surface area contributed by atoms with Crippen molar-refractivity contribution in [3.63, 3.8) is 0 Å². The Morgan fingerprint density at radius 1 is 1.27 bits per heavy atom. The van der Waals surface area contributed by atoms with Gasteiger partial charge in [-0.25, -0.2) is 0 Å². The molecule has 1 atom stereocenters. The molecule has 1 aromatic rings. The van der Waals surface area contributed by atoms with E-state index >= 15 is 0 Å². The molecule has 2 rings (SSSR count). The van der Waals surface area contributed by atoms with Crippen molar-refractivity contribution in [1.29, 1.82) is 0 Å². The highest BCUT2D eigenvalue weighted by Gasteiger charge is 2.05. The van der Waals surface area contributed by atoms with Crippen molar-refractivity contribution in [2.24, 2.45) is 0 Å². The van der Waals surface area contributed by atoms with Crippen LogP contribution in [0, 0.1) is 0 Å². The van der Waals surface area contributed by atoms with Crippen LogP contribution in [0.15, 0.2) is 54.3 Å². The summed E-state index contributed by atoms with van der Waals surface area (Å²) in [5, 5.41) is 6.78. The molecule has 2 heteroatoms. The van der Waals surface area contributed by atoms with E-state index in [4.69, 9.17) is 0 Å². The SMILES string of the molecule is CC1=CC=CC(NCc2ccccc2)N1. The summed E-state index contributed by atoms with van der Waals surface area (Å²) in [5.74, 6) is 0. The zero-order valence-corrected chi connectivity index (χ0v) is 8.90. The summed E-state index contributed by atoms with van der Waals surface area (Å²) < 4.78 is 0. The van der Waals surface area contributed by atoms with Crippen LogP contribution in [0.5, 0.6) is 0 Å². The summed E-state index contributed by atoms with van der Waals surface area (Å²) in [6.07, 6.45) is 6.51. The van der Waals surface area contributed by atoms with Crippen LogP contribution in [0.1, 0.15) is 12.5 Å². The molecule has 0 bridgehead atoms. The lowest BCUT2D eigenvalue weighted by Gasteiger charge is -2.20. The van der Waals surface area contributed by atoms with Gasteiger partial charge in [-0.05, 0) is 24.6 Å². The Bertz CT molecular complexity index is 365. The van der Waals surface area contributed by atoms with Gasteiger partial charge in [-0.15, -0.1) is 0 Å². The van der Waals surface area contributed by atoms with Crippen molar-refractivity contribution in [2.45, 2.75) is 19.6 Å². The van der Waals surface area contributed by atoms with Crippen molar-refractivity contribution >= 4 is 0 Å². The molecule has 0 saturated carbocycles. The van der Waals surface area contributed by atoms with E-state index in [1.807, 2.05) is 6.07 Å². The molecule has 1 heterocycles. The van der Waals surface area contributed by atoms with Crippen LogP contribution < -0.4 is 10.6 Å². The molecule has 1 aliphatic heterocycles. The standard InChI is InChI=1S/C13H16N2/c1-11-6-5-9-13(15-11)14-10-12-7-3-2-4-8-12/h2-9,13-15H,10H2,1H3. The fourth-order valence-electron chi connectivity index (χ4n) is 1.60. The first-order valence-corrected chi connectivity index (χ1v) is 5.23. The molecule has 2 nitrogen and oxygen atoms in total. The van der Waals surface area contributed by atoms with E-state index in [0.717, 1.165) is 6.54 Å². The third-order valence-corrected chi connectivity index (χ3v) is 2.40. The van der Waals surface area contributed by atoms with Gasteiger partial charge in [-0.3, -0.25) is 5.32 Å². The number of dihydropyridines is 1. The largest absolute Gasteiger partial charge is 0.370 e. The molecule has 0 aromatic heterocycles. The van der Waals surface area contributed by atoms with E-state index in [1.54, 1.807) is 0 Å². The Morgan fingerprint density at radius 3 is 2.80 bits per heavy atom. The van der Waals surface area contributed by atoms with Crippen molar-refractivity contribution < 1.29 is 0 Å². The highest BCUT2D eigenvalue weighted by atomic mass is 15.1.